The number of rotatable bonds is 6. The van der Waals surface area contributed by atoms with E-state index in [-0.39, 0.29) is 11.8 Å². The summed E-state index contributed by atoms with van der Waals surface area (Å²) >= 11 is 0. The smallest absolute Gasteiger partial charge is 0.241 e. The molecule has 1 saturated heterocycles. The standard InChI is InChI=1S/C19H28N4O3S/c1-5-27(24,25)23-11-10-22(15(4)12-23)13-18-20-19(21-26-18)17-8-6-16(7-9-17)14(2)3/h6-9,14-15H,5,10-13H2,1-4H3/t15-/m1/s1. The Morgan fingerprint density at radius 1 is 1.22 bits per heavy atom. The lowest BCUT2D eigenvalue weighted by atomic mass is 10.0. The first-order chi connectivity index (χ1) is 12.8. The number of benzene rings is 1. The lowest BCUT2D eigenvalue weighted by Gasteiger charge is -2.38. The summed E-state index contributed by atoms with van der Waals surface area (Å²) < 4.78 is 31.1. The Kier molecular flexibility index (Phi) is 5.98. The summed E-state index contributed by atoms with van der Waals surface area (Å²) in [4.78, 5) is 6.70. The summed E-state index contributed by atoms with van der Waals surface area (Å²) in [5, 5.41) is 4.10. The van der Waals surface area contributed by atoms with Crippen molar-refractivity contribution >= 4 is 10.0 Å². The van der Waals surface area contributed by atoms with E-state index >= 15 is 0 Å². The van der Waals surface area contributed by atoms with Gasteiger partial charge in [-0.2, -0.15) is 9.29 Å². The molecule has 2 heterocycles. The second kappa shape index (κ2) is 8.08. The highest BCUT2D eigenvalue weighted by Gasteiger charge is 2.30. The van der Waals surface area contributed by atoms with Crippen molar-refractivity contribution in [3.8, 4) is 11.4 Å². The van der Waals surface area contributed by atoms with Crippen LogP contribution in [0.3, 0.4) is 0 Å². The summed E-state index contributed by atoms with van der Waals surface area (Å²) in [5.41, 5.74) is 2.21. The van der Waals surface area contributed by atoms with Crippen molar-refractivity contribution in [2.45, 2.75) is 46.2 Å². The van der Waals surface area contributed by atoms with Gasteiger partial charge in [0.25, 0.3) is 0 Å². The molecule has 27 heavy (non-hydrogen) atoms. The molecule has 148 valence electrons. The summed E-state index contributed by atoms with van der Waals surface area (Å²) in [6.45, 7) is 10.2. The molecule has 1 fully saturated rings. The first-order valence-electron chi connectivity index (χ1n) is 9.45. The third kappa shape index (κ3) is 4.56. The number of hydrogen-bond acceptors (Lipinski definition) is 6. The van der Waals surface area contributed by atoms with Crippen LogP contribution < -0.4 is 0 Å². The third-order valence-corrected chi connectivity index (χ3v) is 6.98. The van der Waals surface area contributed by atoms with Gasteiger partial charge in [0.2, 0.25) is 21.7 Å². The average Bonchev–Trinajstić information content (AvgIpc) is 3.12. The molecule has 3 rings (SSSR count). The molecular weight excluding hydrogens is 364 g/mol. The van der Waals surface area contributed by atoms with Gasteiger partial charge in [-0.3, -0.25) is 4.90 Å². The fourth-order valence-electron chi connectivity index (χ4n) is 3.26. The fourth-order valence-corrected chi connectivity index (χ4v) is 4.43. The van der Waals surface area contributed by atoms with Crippen LogP contribution in [0.25, 0.3) is 11.4 Å². The van der Waals surface area contributed by atoms with Gasteiger partial charge in [0, 0.05) is 31.2 Å². The molecule has 7 nitrogen and oxygen atoms in total. The highest BCUT2D eigenvalue weighted by atomic mass is 32.2. The molecule has 0 aliphatic carbocycles. The minimum Gasteiger partial charge on any atom is -0.338 e. The zero-order valence-electron chi connectivity index (χ0n) is 16.4. The molecule has 1 aromatic carbocycles. The van der Waals surface area contributed by atoms with Crippen molar-refractivity contribution < 1.29 is 12.9 Å². The quantitative estimate of drug-likeness (QED) is 0.752. The predicted octanol–water partition coefficient (Wildman–Crippen LogP) is 2.72. The van der Waals surface area contributed by atoms with Crippen LogP contribution in [0.2, 0.25) is 0 Å². The largest absolute Gasteiger partial charge is 0.338 e. The van der Waals surface area contributed by atoms with Gasteiger partial charge < -0.3 is 4.52 Å². The normalized spacial score (nSPS) is 19.7. The van der Waals surface area contributed by atoms with Gasteiger partial charge in [-0.15, -0.1) is 0 Å². The SMILES string of the molecule is CCS(=O)(=O)N1CCN(Cc2nc(-c3ccc(C(C)C)cc3)no2)[C@H](C)C1. The predicted molar refractivity (Wildman–Crippen MR) is 105 cm³/mol. The molecule has 1 aliphatic heterocycles. The number of nitrogens with zero attached hydrogens (tertiary/aromatic N) is 4. The zero-order valence-corrected chi connectivity index (χ0v) is 17.2. The van der Waals surface area contributed by atoms with Crippen LogP contribution in [0.5, 0.6) is 0 Å². The minimum absolute atomic E-state index is 0.0979. The van der Waals surface area contributed by atoms with E-state index in [1.807, 2.05) is 19.1 Å². The van der Waals surface area contributed by atoms with Crippen molar-refractivity contribution in [2.75, 3.05) is 25.4 Å². The second-order valence-corrected chi connectivity index (χ2v) is 9.62. The van der Waals surface area contributed by atoms with E-state index in [2.05, 4.69) is 41.0 Å². The lowest BCUT2D eigenvalue weighted by Crippen LogP contribution is -2.53. The second-order valence-electron chi connectivity index (χ2n) is 7.37. The highest BCUT2D eigenvalue weighted by molar-refractivity contribution is 7.89. The molecule has 0 saturated carbocycles. The summed E-state index contributed by atoms with van der Waals surface area (Å²) in [5.74, 6) is 1.76. The van der Waals surface area contributed by atoms with E-state index in [0.717, 1.165) is 5.56 Å². The van der Waals surface area contributed by atoms with Crippen molar-refractivity contribution in [1.82, 2.24) is 19.3 Å². The van der Waals surface area contributed by atoms with Gasteiger partial charge in [-0.05, 0) is 25.3 Å². The van der Waals surface area contributed by atoms with Gasteiger partial charge in [-0.1, -0.05) is 43.3 Å². The van der Waals surface area contributed by atoms with Gasteiger partial charge in [0.05, 0.1) is 12.3 Å². The Bertz CT molecular complexity index is 861. The maximum absolute atomic E-state index is 12.1. The molecule has 0 bridgehead atoms. The van der Waals surface area contributed by atoms with Crippen molar-refractivity contribution in [1.29, 1.82) is 0 Å². The molecule has 0 N–H and O–H groups in total. The van der Waals surface area contributed by atoms with Crippen molar-refractivity contribution in [2.24, 2.45) is 0 Å². The Balaban J connectivity index is 1.64. The molecule has 0 spiro atoms. The average molecular weight is 393 g/mol. The molecule has 1 aromatic heterocycles. The first-order valence-corrected chi connectivity index (χ1v) is 11.1. The first kappa shape index (κ1) is 20.0. The van der Waals surface area contributed by atoms with E-state index in [1.165, 1.54) is 5.56 Å². The van der Waals surface area contributed by atoms with Gasteiger partial charge in [0.1, 0.15) is 0 Å². The van der Waals surface area contributed by atoms with Gasteiger partial charge in [0.15, 0.2) is 0 Å². The van der Waals surface area contributed by atoms with E-state index < -0.39 is 10.0 Å². The molecule has 0 amide bonds. The van der Waals surface area contributed by atoms with Crippen LogP contribution in [0.1, 0.15) is 45.1 Å². The van der Waals surface area contributed by atoms with E-state index in [9.17, 15) is 8.42 Å². The van der Waals surface area contributed by atoms with Crippen LogP contribution in [0.15, 0.2) is 28.8 Å². The zero-order chi connectivity index (χ0) is 19.6. The van der Waals surface area contributed by atoms with Crippen LogP contribution in [0.4, 0.5) is 0 Å². The molecule has 0 unspecified atom stereocenters. The maximum atomic E-state index is 12.1. The van der Waals surface area contributed by atoms with Crippen molar-refractivity contribution in [3.05, 3.63) is 35.7 Å². The van der Waals surface area contributed by atoms with Gasteiger partial charge in [-0.25, -0.2) is 8.42 Å². The lowest BCUT2D eigenvalue weighted by molar-refractivity contribution is 0.109. The summed E-state index contributed by atoms with van der Waals surface area (Å²) in [6.07, 6.45) is 0. The number of sulfonamides is 1. The van der Waals surface area contributed by atoms with Crippen LogP contribution >= 0.6 is 0 Å². The monoisotopic (exact) mass is 392 g/mol. The van der Waals surface area contributed by atoms with E-state index in [0.29, 0.717) is 43.8 Å². The summed E-state index contributed by atoms with van der Waals surface area (Å²) in [6, 6.07) is 8.31. The van der Waals surface area contributed by atoms with E-state index in [1.54, 1.807) is 11.2 Å². The Morgan fingerprint density at radius 3 is 2.52 bits per heavy atom. The minimum atomic E-state index is -3.14. The van der Waals surface area contributed by atoms with Crippen LogP contribution in [0, 0.1) is 0 Å². The third-order valence-electron chi connectivity index (χ3n) is 5.13. The molecule has 2 aromatic rings. The topological polar surface area (TPSA) is 79.5 Å². The maximum Gasteiger partial charge on any atom is 0.241 e. The number of hydrogen-bond donors (Lipinski definition) is 0. The molecular formula is C19H28N4O3S. The molecule has 1 atom stereocenters. The molecule has 0 radical (unpaired) electrons. The van der Waals surface area contributed by atoms with Gasteiger partial charge >= 0.3 is 0 Å². The Morgan fingerprint density at radius 2 is 1.93 bits per heavy atom. The fraction of sp³-hybridized carbons (Fsp3) is 0.579. The van der Waals surface area contributed by atoms with E-state index in [4.69, 9.17) is 4.52 Å². The summed E-state index contributed by atoms with van der Waals surface area (Å²) in [7, 11) is -3.14. The van der Waals surface area contributed by atoms with Crippen LogP contribution in [-0.2, 0) is 16.6 Å². The molecule has 1 aliphatic rings. The number of piperazine rings is 1. The highest BCUT2D eigenvalue weighted by Crippen LogP contribution is 2.22. The Hall–Kier alpha value is -1.77. The Labute approximate surface area is 161 Å². The van der Waals surface area contributed by atoms with Crippen molar-refractivity contribution in [3.63, 3.8) is 0 Å². The number of aromatic nitrogens is 2. The molecule has 8 heteroatoms. The van der Waals surface area contributed by atoms with Crippen LogP contribution in [-0.4, -0.2) is 59.2 Å².